The van der Waals surface area contributed by atoms with Crippen molar-refractivity contribution >= 4 is 21.8 Å². The minimum absolute atomic E-state index is 0.0518. The van der Waals surface area contributed by atoms with Gasteiger partial charge in [0.25, 0.3) is 5.91 Å². The minimum Gasteiger partial charge on any atom is -0.347 e. The van der Waals surface area contributed by atoms with E-state index in [1.807, 2.05) is 43.1 Å². The average Bonchev–Trinajstić information content (AvgIpc) is 2.88. The van der Waals surface area contributed by atoms with E-state index in [2.05, 4.69) is 52.1 Å². The summed E-state index contributed by atoms with van der Waals surface area (Å²) in [4.78, 5) is 14.7. The maximum Gasteiger partial charge on any atom is 0.268 e. The van der Waals surface area contributed by atoms with Crippen molar-refractivity contribution in [3.8, 4) is 0 Å². The van der Waals surface area contributed by atoms with Crippen LogP contribution in [0.2, 0.25) is 0 Å². The highest BCUT2D eigenvalue weighted by Gasteiger charge is 2.15. The molecule has 0 spiro atoms. The number of amides is 1. The highest BCUT2D eigenvalue weighted by molar-refractivity contribution is 9.10. The van der Waals surface area contributed by atoms with Crippen LogP contribution in [0.4, 0.5) is 0 Å². The number of nitrogens with zero attached hydrogens (tertiary/aromatic N) is 2. The van der Waals surface area contributed by atoms with Gasteiger partial charge in [-0.05, 0) is 61.1 Å². The molecule has 0 aliphatic rings. The van der Waals surface area contributed by atoms with Gasteiger partial charge < -0.3 is 14.8 Å². The van der Waals surface area contributed by atoms with Gasteiger partial charge >= 0.3 is 0 Å². The van der Waals surface area contributed by atoms with Gasteiger partial charge in [-0.2, -0.15) is 0 Å². The van der Waals surface area contributed by atoms with Gasteiger partial charge in [0.15, 0.2) is 0 Å². The number of rotatable bonds is 6. The van der Waals surface area contributed by atoms with Gasteiger partial charge in [0.1, 0.15) is 5.69 Å². The summed E-state index contributed by atoms with van der Waals surface area (Å²) >= 11 is 3.45. The Morgan fingerprint density at radius 3 is 2.52 bits per heavy atom. The lowest BCUT2D eigenvalue weighted by molar-refractivity contribution is 0.0940. The Balaban J connectivity index is 2.11. The normalized spacial score (nSPS) is 11.3. The fourth-order valence-corrected chi connectivity index (χ4v) is 2.98. The minimum atomic E-state index is -0.0518. The Morgan fingerprint density at radius 2 is 1.91 bits per heavy atom. The highest BCUT2D eigenvalue weighted by Crippen LogP contribution is 2.19. The number of hydrogen-bond donors (Lipinski definition) is 1. The molecule has 0 aliphatic heterocycles. The first-order chi connectivity index (χ1) is 10.9. The molecule has 23 heavy (non-hydrogen) atoms. The van der Waals surface area contributed by atoms with Crippen molar-refractivity contribution in [2.45, 2.75) is 33.0 Å². The maximum absolute atomic E-state index is 12.5. The van der Waals surface area contributed by atoms with E-state index < -0.39 is 0 Å². The van der Waals surface area contributed by atoms with Crippen LogP contribution in [-0.4, -0.2) is 29.5 Å². The molecule has 2 rings (SSSR count). The summed E-state index contributed by atoms with van der Waals surface area (Å²) in [7, 11) is 4.09. The third-order valence-corrected chi connectivity index (χ3v) is 4.08. The second kappa shape index (κ2) is 7.79. The topological polar surface area (TPSA) is 37.3 Å². The third kappa shape index (κ3) is 4.69. The monoisotopic (exact) mass is 377 g/mol. The van der Waals surface area contributed by atoms with Crippen LogP contribution in [0.1, 0.15) is 41.5 Å². The van der Waals surface area contributed by atoms with E-state index in [0.717, 1.165) is 16.6 Å². The van der Waals surface area contributed by atoms with Crippen LogP contribution in [0, 0.1) is 0 Å². The molecule has 1 heterocycles. The molecule has 0 bridgehead atoms. The molecule has 0 saturated carbocycles. The molecule has 0 radical (unpaired) electrons. The zero-order valence-electron chi connectivity index (χ0n) is 14.1. The van der Waals surface area contributed by atoms with Gasteiger partial charge in [-0.15, -0.1) is 0 Å². The van der Waals surface area contributed by atoms with Crippen molar-refractivity contribution in [1.29, 1.82) is 0 Å². The second-order valence-corrected chi connectivity index (χ2v) is 7.15. The first kappa shape index (κ1) is 17.8. The molecule has 0 atom stereocenters. The zero-order chi connectivity index (χ0) is 17.0. The average molecular weight is 378 g/mol. The van der Waals surface area contributed by atoms with Gasteiger partial charge in [0.2, 0.25) is 0 Å². The van der Waals surface area contributed by atoms with Crippen LogP contribution < -0.4 is 5.32 Å². The van der Waals surface area contributed by atoms with Gasteiger partial charge in [0, 0.05) is 29.8 Å². The zero-order valence-corrected chi connectivity index (χ0v) is 15.7. The van der Waals surface area contributed by atoms with Crippen LogP contribution in [0.3, 0.4) is 0 Å². The van der Waals surface area contributed by atoms with Crippen LogP contribution in [0.5, 0.6) is 0 Å². The summed E-state index contributed by atoms with van der Waals surface area (Å²) in [5, 5.41) is 3.04. The number of nitrogens with one attached hydrogen (secondary N) is 1. The molecule has 124 valence electrons. The number of benzene rings is 1. The molecule has 1 N–H and O–H groups in total. The summed E-state index contributed by atoms with van der Waals surface area (Å²) in [6.07, 6.45) is 1.94. The van der Waals surface area contributed by atoms with E-state index >= 15 is 0 Å². The van der Waals surface area contributed by atoms with Crippen molar-refractivity contribution in [2.24, 2.45) is 0 Å². The van der Waals surface area contributed by atoms with Gasteiger partial charge in [-0.1, -0.05) is 24.3 Å². The first-order valence-electron chi connectivity index (χ1n) is 7.75. The van der Waals surface area contributed by atoms with E-state index in [0.29, 0.717) is 12.2 Å². The van der Waals surface area contributed by atoms with Crippen LogP contribution in [0.15, 0.2) is 41.0 Å². The van der Waals surface area contributed by atoms with E-state index in [1.165, 1.54) is 5.56 Å². The molecule has 0 saturated heterocycles. The molecule has 5 heteroatoms. The Labute approximate surface area is 146 Å². The quantitative estimate of drug-likeness (QED) is 0.830. The standard InChI is InChI=1S/C18H24BrN3O/c1-13(2)22-12-16(19)9-17(22)18(23)20-10-14-7-5-6-8-15(14)11-21(3)4/h5-9,12-13H,10-11H2,1-4H3,(H,20,23). The molecular weight excluding hydrogens is 354 g/mol. The fraction of sp³-hybridized carbons (Fsp3) is 0.389. The third-order valence-electron chi connectivity index (χ3n) is 3.65. The highest BCUT2D eigenvalue weighted by atomic mass is 79.9. The smallest absolute Gasteiger partial charge is 0.268 e. The van der Waals surface area contributed by atoms with Crippen molar-refractivity contribution in [2.75, 3.05) is 14.1 Å². The lowest BCUT2D eigenvalue weighted by atomic mass is 10.1. The van der Waals surface area contributed by atoms with E-state index in [-0.39, 0.29) is 11.9 Å². The number of halogens is 1. The van der Waals surface area contributed by atoms with Crippen LogP contribution in [0.25, 0.3) is 0 Å². The number of aromatic nitrogens is 1. The summed E-state index contributed by atoms with van der Waals surface area (Å²) in [5.74, 6) is -0.0518. The number of carbonyl (C=O) groups is 1. The van der Waals surface area contributed by atoms with Gasteiger partial charge in [-0.25, -0.2) is 0 Å². The predicted octanol–water partition coefficient (Wildman–Crippen LogP) is 3.82. The van der Waals surface area contributed by atoms with Gasteiger partial charge in [-0.3, -0.25) is 4.79 Å². The molecule has 0 aliphatic carbocycles. The number of hydrogen-bond acceptors (Lipinski definition) is 2. The van der Waals surface area contributed by atoms with Crippen LogP contribution in [-0.2, 0) is 13.1 Å². The lowest BCUT2D eigenvalue weighted by Crippen LogP contribution is -2.26. The molecule has 1 aromatic heterocycles. The molecule has 2 aromatic rings. The molecule has 0 unspecified atom stereocenters. The van der Waals surface area contributed by atoms with E-state index in [9.17, 15) is 4.79 Å². The largest absolute Gasteiger partial charge is 0.347 e. The Bertz CT molecular complexity index is 677. The maximum atomic E-state index is 12.5. The van der Waals surface area contributed by atoms with E-state index in [1.54, 1.807) is 0 Å². The lowest BCUT2D eigenvalue weighted by Gasteiger charge is -2.16. The Kier molecular flexibility index (Phi) is 6.02. The van der Waals surface area contributed by atoms with Crippen molar-refractivity contribution in [3.63, 3.8) is 0 Å². The number of carbonyl (C=O) groups excluding carboxylic acids is 1. The van der Waals surface area contributed by atoms with E-state index in [4.69, 9.17) is 0 Å². The van der Waals surface area contributed by atoms with Crippen molar-refractivity contribution in [1.82, 2.24) is 14.8 Å². The molecular formula is C18H24BrN3O. The Morgan fingerprint density at radius 1 is 1.26 bits per heavy atom. The first-order valence-corrected chi connectivity index (χ1v) is 8.55. The fourth-order valence-electron chi connectivity index (χ4n) is 2.55. The summed E-state index contributed by atoms with van der Waals surface area (Å²) in [6, 6.07) is 10.3. The van der Waals surface area contributed by atoms with Gasteiger partial charge in [0.05, 0.1) is 0 Å². The molecule has 4 nitrogen and oxygen atoms in total. The Hall–Kier alpha value is -1.59. The summed E-state index contributed by atoms with van der Waals surface area (Å²) in [6.45, 7) is 5.52. The summed E-state index contributed by atoms with van der Waals surface area (Å²) < 4.78 is 2.90. The SMILES string of the molecule is CC(C)n1cc(Br)cc1C(=O)NCc1ccccc1CN(C)C. The van der Waals surface area contributed by atoms with Crippen molar-refractivity contribution in [3.05, 3.63) is 57.8 Å². The summed E-state index contributed by atoms with van der Waals surface area (Å²) in [5.41, 5.74) is 3.06. The van der Waals surface area contributed by atoms with Crippen molar-refractivity contribution < 1.29 is 4.79 Å². The predicted molar refractivity (Wildman–Crippen MR) is 97.5 cm³/mol. The molecule has 0 fully saturated rings. The van der Waals surface area contributed by atoms with Crippen LogP contribution >= 0.6 is 15.9 Å². The second-order valence-electron chi connectivity index (χ2n) is 6.23. The molecule has 1 aromatic carbocycles. The molecule has 1 amide bonds.